The number of amides is 4. The van der Waals surface area contributed by atoms with Gasteiger partial charge in [0.25, 0.3) is 5.91 Å². The highest BCUT2D eigenvalue weighted by atomic mass is 16.2. The average Bonchev–Trinajstić information content (AvgIpc) is 2.98. The van der Waals surface area contributed by atoms with Gasteiger partial charge in [-0.05, 0) is 36.8 Å². The van der Waals surface area contributed by atoms with Crippen LogP contribution >= 0.6 is 0 Å². The zero-order valence-corrected chi connectivity index (χ0v) is 18.4. The molecule has 1 heterocycles. The Morgan fingerprint density at radius 3 is 2.19 bits per heavy atom. The van der Waals surface area contributed by atoms with E-state index >= 15 is 0 Å². The van der Waals surface area contributed by atoms with Gasteiger partial charge in [-0.1, -0.05) is 74.5 Å². The summed E-state index contributed by atoms with van der Waals surface area (Å²) in [5.41, 5.74) is 0.391. The van der Waals surface area contributed by atoms with Crippen LogP contribution in [0.15, 0.2) is 60.7 Å². The van der Waals surface area contributed by atoms with Crippen molar-refractivity contribution in [2.75, 3.05) is 6.54 Å². The molecule has 2 aromatic carbocycles. The molecule has 1 aliphatic heterocycles. The second-order valence-electron chi connectivity index (χ2n) is 8.69. The highest BCUT2D eigenvalue weighted by Crippen LogP contribution is 2.32. The molecule has 2 aromatic rings. The van der Waals surface area contributed by atoms with E-state index < -0.39 is 17.5 Å². The summed E-state index contributed by atoms with van der Waals surface area (Å²) in [6, 6.07) is 18.2. The first-order chi connectivity index (χ1) is 14.8. The van der Waals surface area contributed by atoms with Crippen molar-refractivity contribution in [3.63, 3.8) is 0 Å². The second kappa shape index (κ2) is 9.77. The normalized spacial score (nSPS) is 19.4. The largest absolute Gasteiger partial charge is 0.352 e. The molecule has 0 unspecified atom stereocenters. The summed E-state index contributed by atoms with van der Waals surface area (Å²) in [5, 5.41) is 5.80. The average molecular weight is 422 g/mol. The SMILES string of the molecule is CC(C)CC[C@@H](C)NC(=O)CN1C(=O)N[C@@](Cc2ccccc2)(c2ccccc2)C1=O. The first-order valence-electron chi connectivity index (χ1n) is 10.8. The molecule has 6 heteroatoms. The van der Waals surface area contributed by atoms with E-state index in [9.17, 15) is 14.4 Å². The van der Waals surface area contributed by atoms with Crippen LogP contribution < -0.4 is 10.6 Å². The van der Waals surface area contributed by atoms with Crippen LogP contribution in [0.25, 0.3) is 0 Å². The van der Waals surface area contributed by atoms with Crippen molar-refractivity contribution >= 4 is 17.8 Å². The van der Waals surface area contributed by atoms with Crippen LogP contribution in [0, 0.1) is 5.92 Å². The molecule has 0 bridgehead atoms. The van der Waals surface area contributed by atoms with Crippen molar-refractivity contribution in [1.29, 1.82) is 0 Å². The summed E-state index contributed by atoms with van der Waals surface area (Å²) in [4.78, 5) is 40.0. The van der Waals surface area contributed by atoms with Crippen LogP contribution in [0.4, 0.5) is 4.79 Å². The Morgan fingerprint density at radius 2 is 1.58 bits per heavy atom. The summed E-state index contributed by atoms with van der Waals surface area (Å²) in [6.07, 6.45) is 2.16. The van der Waals surface area contributed by atoms with Crippen molar-refractivity contribution in [1.82, 2.24) is 15.5 Å². The van der Waals surface area contributed by atoms with Gasteiger partial charge in [0, 0.05) is 12.5 Å². The lowest BCUT2D eigenvalue weighted by atomic mass is 9.83. The third kappa shape index (κ3) is 5.32. The number of benzene rings is 2. The van der Waals surface area contributed by atoms with Gasteiger partial charge >= 0.3 is 6.03 Å². The number of nitrogens with one attached hydrogen (secondary N) is 2. The van der Waals surface area contributed by atoms with Gasteiger partial charge < -0.3 is 10.6 Å². The summed E-state index contributed by atoms with van der Waals surface area (Å²) in [5.74, 6) is -0.185. The number of carbonyl (C=O) groups excluding carboxylic acids is 3. The summed E-state index contributed by atoms with van der Waals surface area (Å²) in [6.45, 7) is 5.92. The van der Waals surface area contributed by atoms with Gasteiger partial charge in [-0.2, -0.15) is 0 Å². The third-order valence-corrected chi connectivity index (χ3v) is 5.64. The molecule has 2 atom stereocenters. The zero-order valence-electron chi connectivity index (χ0n) is 18.4. The molecule has 1 aliphatic rings. The summed E-state index contributed by atoms with van der Waals surface area (Å²) in [7, 11) is 0. The summed E-state index contributed by atoms with van der Waals surface area (Å²) >= 11 is 0. The lowest BCUT2D eigenvalue weighted by molar-refractivity contribution is -0.135. The van der Waals surface area contributed by atoms with Gasteiger partial charge in [0.2, 0.25) is 5.91 Å². The van der Waals surface area contributed by atoms with E-state index in [2.05, 4.69) is 24.5 Å². The Balaban J connectivity index is 1.79. The molecule has 0 saturated carbocycles. The predicted molar refractivity (Wildman–Crippen MR) is 120 cm³/mol. The number of rotatable bonds is 9. The molecule has 1 saturated heterocycles. The van der Waals surface area contributed by atoms with Crippen molar-refractivity contribution < 1.29 is 14.4 Å². The van der Waals surface area contributed by atoms with Crippen LogP contribution in [-0.2, 0) is 21.5 Å². The topological polar surface area (TPSA) is 78.5 Å². The molecule has 4 amide bonds. The smallest absolute Gasteiger partial charge is 0.325 e. The highest BCUT2D eigenvalue weighted by Gasteiger charge is 2.52. The molecule has 1 fully saturated rings. The van der Waals surface area contributed by atoms with E-state index in [-0.39, 0.29) is 18.5 Å². The number of urea groups is 1. The first kappa shape index (κ1) is 22.5. The van der Waals surface area contributed by atoms with Gasteiger partial charge in [0.05, 0.1) is 0 Å². The van der Waals surface area contributed by atoms with Gasteiger partial charge in [-0.25, -0.2) is 4.79 Å². The number of imide groups is 1. The fraction of sp³-hybridized carbons (Fsp3) is 0.400. The van der Waals surface area contributed by atoms with E-state index in [1.165, 1.54) is 0 Å². The Bertz CT molecular complexity index is 914. The molecule has 164 valence electrons. The quantitative estimate of drug-likeness (QED) is 0.607. The number of carbonyl (C=O) groups is 3. The third-order valence-electron chi connectivity index (χ3n) is 5.64. The fourth-order valence-corrected chi connectivity index (χ4v) is 3.93. The highest BCUT2D eigenvalue weighted by molar-refractivity contribution is 6.09. The van der Waals surface area contributed by atoms with E-state index in [0.29, 0.717) is 17.9 Å². The van der Waals surface area contributed by atoms with E-state index in [0.717, 1.165) is 23.3 Å². The first-order valence-corrected chi connectivity index (χ1v) is 10.8. The maximum Gasteiger partial charge on any atom is 0.325 e. The Labute approximate surface area is 184 Å². The van der Waals surface area contributed by atoms with E-state index in [1.807, 2.05) is 67.6 Å². The minimum atomic E-state index is -1.23. The van der Waals surface area contributed by atoms with Gasteiger partial charge in [-0.3, -0.25) is 14.5 Å². The van der Waals surface area contributed by atoms with Crippen LogP contribution in [0.3, 0.4) is 0 Å². The summed E-state index contributed by atoms with van der Waals surface area (Å²) < 4.78 is 0. The maximum atomic E-state index is 13.5. The minimum absolute atomic E-state index is 0.0149. The molecule has 3 rings (SSSR count). The molecule has 0 aromatic heterocycles. The van der Waals surface area contributed by atoms with Gasteiger partial charge in [0.1, 0.15) is 6.54 Å². The number of hydrogen-bond acceptors (Lipinski definition) is 3. The molecular weight excluding hydrogens is 390 g/mol. The lowest BCUT2D eigenvalue weighted by Crippen LogP contribution is -2.47. The van der Waals surface area contributed by atoms with Gasteiger partial charge in [0.15, 0.2) is 5.54 Å². The van der Waals surface area contributed by atoms with Crippen molar-refractivity contribution in [3.05, 3.63) is 71.8 Å². The molecule has 0 aliphatic carbocycles. The molecule has 31 heavy (non-hydrogen) atoms. The van der Waals surface area contributed by atoms with Crippen LogP contribution in [0.5, 0.6) is 0 Å². The van der Waals surface area contributed by atoms with Crippen LogP contribution in [-0.4, -0.2) is 35.3 Å². The van der Waals surface area contributed by atoms with Crippen molar-refractivity contribution in [2.24, 2.45) is 5.92 Å². The zero-order chi connectivity index (χ0) is 22.4. The Kier molecular flexibility index (Phi) is 7.10. The monoisotopic (exact) mass is 421 g/mol. The maximum absolute atomic E-state index is 13.5. The Morgan fingerprint density at radius 1 is 0.968 bits per heavy atom. The van der Waals surface area contributed by atoms with E-state index in [1.54, 1.807) is 0 Å². The van der Waals surface area contributed by atoms with Crippen LogP contribution in [0.1, 0.15) is 44.7 Å². The van der Waals surface area contributed by atoms with E-state index in [4.69, 9.17) is 0 Å². The number of nitrogens with zero attached hydrogens (tertiary/aromatic N) is 1. The molecule has 2 N–H and O–H groups in total. The second-order valence-corrected chi connectivity index (χ2v) is 8.69. The predicted octanol–water partition coefficient (Wildman–Crippen LogP) is 3.62. The molecule has 0 radical (unpaired) electrons. The van der Waals surface area contributed by atoms with Gasteiger partial charge in [-0.15, -0.1) is 0 Å². The molecule has 0 spiro atoms. The lowest BCUT2D eigenvalue weighted by Gasteiger charge is -2.27. The van der Waals surface area contributed by atoms with Crippen molar-refractivity contribution in [2.45, 2.75) is 51.6 Å². The molecular formula is C25H31N3O3. The standard InChI is InChI=1S/C25H31N3O3/c1-18(2)14-15-19(3)26-22(29)17-28-23(30)25(27-24(28)31,21-12-8-5-9-13-21)16-20-10-6-4-7-11-20/h4-13,18-19H,14-17H2,1-3H3,(H,26,29)(H,27,31)/t19-,25+/m1/s1. The van der Waals surface area contributed by atoms with Crippen LogP contribution in [0.2, 0.25) is 0 Å². The van der Waals surface area contributed by atoms with Crippen molar-refractivity contribution in [3.8, 4) is 0 Å². The fourth-order valence-electron chi connectivity index (χ4n) is 3.93. The minimum Gasteiger partial charge on any atom is -0.352 e. The number of hydrogen-bond donors (Lipinski definition) is 2. The molecule has 6 nitrogen and oxygen atoms in total. The Hall–Kier alpha value is -3.15.